The number of hydrogen-bond donors (Lipinski definition) is 1. The zero-order chi connectivity index (χ0) is 22.4. The molecule has 3 rings (SSSR count). The summed E-state index contributed by atoms with van der Waals surface area (Å²) >= 11 is 0. The summed E-state index contributed by atoms with van der Waals surface area (Å²) < 4.78 is 40.0. The minimum Gasteiger partial charge on any atom is -0.313 e. The van der Waals surface area contributed by atoms with Crippen LogP contribution in [0.2, 0.25) is 0 Å². The van der Waals surface area contributed by atoms with Crippen molar-refractivity contribution >= 4 is 10.8 Å². The summed E-state index contributed by atoms with van der Waals surface area (Å²) in [5.74, 6) is -0.166. The lowest BCUT2D eigenvalue weighted by molar-refractivity contribution is 0.147. The number of halogens is 2. The van der Waals surface area contributed by atoms with Crippen LogP contribution in [0.4, 0.5) is 8.78 Å². The molecule has 2 aromatic rings. The van der Waals surface area contributed by atoms with Crippen LogP contribution in [0.3, 0.4) is 0 Å². The molecule has 1 fully saturated rings. The molecule has 1 atom stereocenters. The average molecular weight is 449 g/mol. The van der Waals surface area contributed by atoms with E-state index in [9.17, 15) is 13.0 Å². The van der Waals surface area contributed by atoms with E-state index in [2.05, 4.69) is 31.0 Å². The lowest BCUT2D eigenvalue weighted by Gasteiger charge is -2.36. The van der Waals surface area contributed by atoms with Gasteiger partial charge in [0.25, 0.3) is 0 Å². The largest absolute Gasteiger partial charge is 0.313 e. The minimum absolute atomic E-state index is 0.312. The van der Waals surface area contributed by atoms with Gasteiger partial charge in [-0.1, -0.05) is 45.0 Å². The van der Waals surface area contributed by atoms with Crippen LogP contribution < -0.4 is 5.32 Å². The topological polar surface area (TPSA) is 32.3 Å². The highest BCUT2D eigenvalue weighted by molar-refractivity contribution is 7.85. The van der Waals surface area contributed by atoms with E-state index in [0.29, 0.717) is 23.8 Å². The van der Waals surface area contributed by atoms with E-state index < -0.39 is 16.0 Å². The molecule has 0 bridgehead atoms. The number of piperidine rings is 1. The van der Waals surface area contributed by atoms with Crippen LogP contribution in [0, 0.1) is 17.0 Å². The SMILES string of the molecule is CC(C)(C)CN1CCC(NCCS(=O)C(c2ccc(F)cc2)c2ccc(F)cc2)CC1. The number of likely N-dealkylation sites (tertiary alicyclic amines) is 1. The molecule has 1 saturated heterocycles. The molecule has 6 heteroatoms. The van der Waals surface area contributed by atoms with Crippen LogP contribution >= 0.6 is 0 Å². The molecule has 0 amide bonds. The molecule has 1 aliphatic heterocycles. The van der Waals surface area contributed by atoms with Crippen LogP contribution in [-0.2, 0) is 10.8 Å². The van der Waals surface area contributed by atoms with Gasteiger partial charge in [-0.2, -0.15) is 0 Å². The highest BCUT2D eigenvalue weighted by atomic mass is 32.2. The second-order valence-corrected chi connectivity index (χ2v) is 11.3. The lowest BCUT2D eigenvalue weighted by Crippen LogP contribution is -2.45. The molecule has 0 radical (unpaired) electrons. The van der Waals surface area contributed by atoms with Gasteiger partial charge in [0.05, 0.1) is 5.25 Å². The average Bonchev–Trinajstić information content (AvgIpc) is 2.71. The Morgan fingerprint density at radius 2 is 1.45 bits per heavy atom. The molecule has 1 aliphatic rings. The van der Waals surface area contributed by atoms with Gasteiger partial charge in [0.15, 0.2) is 0 Å². The Morgan fingerprint density at radius 1 is 0.968 bits per heavy atom. The minimum atomic E-state index is -1.22. The monoisotopic (exact) mass is 448 g/mol. The summed E-state index contributed by atoms with van der Waals surface area (Å²) in [7, 11) is -1.22. The first-order valence-electron chi connectivity index (χ1n) is 11.1. The lowest BCUT2D eigenvalue weighted by atomic mass is 9.94. The van der Waals surface area contributed by atoms with Crippen LogP contribution in [0.5, 0.6) is 0 Å². The van der Waals surface area contributed by atoms with Crippen molar-refractivity contribution in [1.82, 2.24) is 10.2 Å². The normalized spacial score (nSPS) is 17.2. The Bertz CT molecular complexity index is 796. The van der Waals surface area contributed by atoms with Crippen LogP contribution in [0.1, 0.15) is 50.0 Å². The maximum absolute atomic E-state index is 13.4. The second kappa shape index (κ2) is 10.8. The first-order valence-corrected chi connectivity index (χ1v) is 12.4. The third-order valence-electron chi connectivity index (χ3n) is 5.63. The molecule has 1 heterocycles. The van der Waals surface area contributed by atoms with Gasteiger partial charge in [-0.15, -0.1) is 0 Å². The van der Waals surface area contributed by atoms with Crippen molar-refractivity contribution in [2.24, 2.45) is 5.41 Å². The van der Waals surface area contributed by atoms with Crippen molar-refractivity contribution in [3.05, 3.63) is 71.3 Å². The Labute approximate surface area is 187 Å². The molecule has 3 nitrogen and oxygen atoms in total. The van der Waals surface area contributed by atoms with E-state index >= 15 is 0 Å². The number of benzene rings is 2. The Morgan fingerprint density at radius 3 is 1.90 bits per heavy atom. The molecule has 1 N–H and O–H groups in total. The summed E-state index contributed by atoms with van der Waals surface area (Å²) in [6.07, 6.45) is 2.20. The number of rotatable bonds is 8. The third kappa shape index (κ3) is 7.48. The predicted molar refractivity (Wildman–Crippen MR) is 125 cm³/mol. The quantitative estimate of drug-likeness (QED) is 0.623. The van der Waals surface area contributed by atoms with Crippen molar-refractivity contribution in [2.45, 2.75) is 44.9 Å². The van der Waals surface area contributed by atoms with Gasteiger partial charge in [-0.3, -0.25) is 4.21 Å². The fourth-order valence-corrected chi connectivity index (χ4v) is 5.69. The van der Waals surface area contributed by atoms with Gasteiger partial charge in [-0.05, 0) is 66.7 Å². The zero-order valence-electron chi connectivity index (χ0n) is 18.7. The van der Waals surface area contributed by atoms with Crippen molar-refractivity contribution in [1.29, 1.82) is 0 Å². The maximum Gasteiger partial charge on any atom is 0.123 e. The molecule has 170 valence electrons. The van der Waals surface area contributed by atoms with Crippen molar-refractivity contribution in [3.63, 3.8) is 0 Å². The molecule has 31 heavy (non-hydrogen) atoms. The fourth-order valence-electron chi connectivity index (χ4n) is 4.22. The highest BCUT2D eigenvalue weighted by Gasteiger charge is 2.24. The molecule has 1 unspecified atom stereocenters. The van der Waals surface area contributed by atoms with E-state index in [1.54, 1.807) is 24.3 Å². The molecule has 0 saturated carbocycles. The van der Waals surface area contributed by atoms with Gasteiger partial charge in [0.1, 0.15) is 11.6 Å². The van der Waals surface area contributed by atoms with Gasteiger partial charge < -0.3 is 10.2 Å². The van der Waals surface area contributed by atoms with Crippen LogP contribution in [0.15, 0.2) is 48.5 Å². The molecule has 2 aromatic carbocycles. The molecule has 0 spiro atoms. The van der Waals surface area contributed by atoms with E-state index in [1.165, 1.54) is 24.3 Å². The first kappa shape index (κ1) is 24.0. The van der Waals surface area contributed by atoms with Gasteiger partial charge >= 0.3 is 0 Å². The second-order valence-electron chi connectivity index (χ2n) is 9.63. The smallest absolute Gasteiger partial charge is 0.123 e. The van der Waals surface area contributed by atoms with Gasteiger partial charge in [-0.25, -0.2) is 8.78 Å². The van der Waals surface area contributed by atoms with E-state index in [1.807, 2.05) is 0 Å². The molecule has 0 aliphatic carbocycles. The van der Waals surface area contributed by atoms with Crippen molar-refractivity contribution in [3.8, 4) is 0 Å². The summed E-state index contributed by atoms with van der Waals surface area (Å²) in [5.41, 5.74) is 1.87. The number of nitrogens with zero attached hydrogens (tertiary/aromatic N) is 1. The molecular formula is C25H34F2N2OS. The Kier molecular flexibility index (Phi) is 8.36. The number of nitrogens with one attached hydrogen (secondary N) is 1. The summed E-state index contributed by atoms with van der Waals surface area (Å²) in [5, 5.41) is 3.17. The number of hydrogen-bond acceptors (Lipinski definition) is 3. The molecule has 0 aromatic heterocycles. The standard InChI is InChI=1S/C25H34F2N2OS/c1-25(2,3)18-29-15-12-23(13-16-29)28-14-17-31(30)24(19-4-8-21(26)9-5-19)20-6-10-22(27)11-7-20/h4-11,23-24,28H,12-18H2,1-3H3. The highest BCUT2D eigenvalue weighted by Crippen LogP contribution is 2.29. The summed E-state index contributed by atoms with van der Waals surface area (Å²) in [4.78, 5) is 2.52. The van der Waals surface area contributed by atoms with E-state index in [-0.39, 0.29) is 11.6 Å². The summed E-state index contributed by atoms with van der Waals surface area (Å²) in [6, 6.07) is 12.6. The first-order chi connectivity index (χ1) is 14.7. The van der Waals surface area contributed by atoms with E-state index in [4.69, 9.17) is 0 Å². The van der Waals surface area contributed by atoms with Gasteiger partial charge in [0, 0.05) is 35.7 Å². The Hall–Kier alpha value is -1.63. The maximum atomic E-state index is 13.4. The van der Waals surface area contributed by atoms with Crippen LogP contribution in [0.25, 0.3) is 0 Å². The molecular weight excluding hydrogens is 414 g/mol. The zero-order valence-corrected chi connectivity index (χ0v) is 19.6. The third-order valence-corrected chi connectivity index (χ3v) is 7.31. The van der Waals surface area contributed by atoms with Gasteiger partial charge in [0.2, 0.25) is 0 Å². The van der Waals surface area contributed by atoms with E-state index in [0.717, 1.165) is 43.6 Å². The van der Waals surface area contributed by atoms with Crippen molar-refractivity contribution < 1.29 is 13.0 Å². The predicted octanol–water partition coefficient (Wildman–Crippen LogP) is 4.90. The van der Waals surface area contributed by atoms with Crippen molar-refractivity contribution in [2.75, 3.05) is 31.9 Å². The fraction of sp³-hybridized carbons (Fsp3) is 0.520. The summed E-state index contributed by atoms with van der Waals surface area (Å²) in [6.45, 7) is 10.8. The van der Waals surface area contributed by atoms with Crippen LogP contribution in [-0.4, -0.2) is 47.1 Å². The Balaban J connectivity index is 1.56.